The lowest BCUT2D eigenvalue weighted by atomic mass is 9.15. The molecule has 6 atom stereocenters. The number of hydrogen-bond acceptors (Lipinski definition) is 0. The molecule has 0 N–H and O–H groups in total. The molecule has 0 saturated heterocycles. The minimum absolute atomic E-state index is 0.832. The molecule has 6 unspecified atom stereocenters. The molecule has 0 amide bonds. The first-order valence-electron chi connectivity index (χ1n) is 5.71. The molecule has 0 aromatic heterocycles. The zero-order valence-electron chi connectivity index (χ0n) is 8.14. The van der Waals surface area contributed by atoms with Crippen molar-refractivity contribution in [3.8, 4) is 0 Å². The van der Waals surface area contributed by atoms with Gasteiger partial charge in [-0.25, -0.2) is 0 Å². The van der Waals surface area contributed by atoms with Crippen molar-refractivity contribution in [1.29, 1.82) is 0 Å². The maximum atomic E-state index is 2.60. The highest BCUT2D eigenvalue weighted by Crippen LogP contribution is 2.90. The second-order valence-electron chi connectivity index (χ2n) is 6.14. The SMILES string of the molecule is CC1CC2C3CC4CCC43C12C. The normalized spacial score (nSPS) is 76.5. The minimum Gasteiger partial charge on any atom is -0.0619 e. The van der Waals surface area contributed by atoms with Gasteiger partial charge in [-0.3, -0.25) is 0 Å². The van der Waals surface area contributed by atoms with Gasteiger partial charge in [0.15, 0.2) is 0 Å². The Hall–Kier alpha value is 0. The molecule has 0 heterocycles. The Labute approximate surface area is 74.7 Å². The van der Waals surface area contributed by atoms with E-state index in [1.807, 2.05) is 0 Å². The maximum absolute atomic E-state index is 2.60. The van der Waals surface area contributed by atoms with Gasteiger partial charge in [-0.2, -0.15) is 0 Å². The molecule has 4 aliphatic rings. The summed E-state index contributed by atoms with van der Waals surface area (Å²) < 4.78 is 0. The molecule has 0 nitrogen and oxygen atoms in total. The number of hydrogen-bond donors (Lipinski definition) is 0. The molecular weight excluding hydrogens is 144 g/mol. The number of rotatable bonds is 0. The summed E-state index contributed by atoms with van der Waals surface area (Å²) in [5.41, 5.74) is 1.76. The molecule has 4 fully saturated rings. The quantitative estimate of drug-likeness (QED) is 0.513. The molecule has 0 radical (unpaired) electrons. The fraction of sp³-hybridized carbons (Fsp3) is 1.00. The van der Waals surface area contributed by atoms with Crippen molar-refractivity contribution in [2.45, 2.75) is 39.5 Å². The predicted molar refractivity (Wildman–Crippen MR) is 48.6 cm³/mol. The monoisotopic (exact) mass is 162 g/mol. The molecule has 0 aromatic carbocycles. The smallest absolute Gasteiger partial charge is 0.0179 e. The molecule has 12 heavy (non-hydrogen) atoms. The Bertz CT molecular complexity index is 253. The van der Waals surface area contributed by atoms with Crippen molar-refractivity contribution >= 4 is 0 Å². The third kappa shape index (κ3) is 0.311. The topological polar surface area (TPSA) is 0 Å². The van der Waals surface area contributed by atoms with Crippen molar-refractivity contribution in [3.05, 3.63) is 0 Å². The van der Waals surface area contributed by atoms with Crippen LogP contribution >= 0.6 is 0 Å². The van der Waals surface area contributed by atoms with E-state index in [-0.39, 0.29) is 0 Å². The van der Waals surface area contributed by atoms with Gasteiger partial charge in [-0.15, -0.1) is 0 Å². The molecule has 0 heteroatoms. The van der Waals surface area contributed by atoms with Gasteiger partial charge >= 0.3 is 0 Å². The van der Waals surface area contributed by atoms with Gasteiger partial charge in [0.25, 0.3) is 0 Å². The minimum atomic E-state index is 0.832. The van der Waals surface area contributed by atoms with Crippen LogP contribution in [0.2, 0.25) is 0 Å². The first kappa shape index (κ1) is 6.45. The molecule has 4 saturated carbocycles. The standard InChI is InChI=1S/C12H18/c1-7-5-9-10-6-8-3-4-12(8,10)11(7,9)2/h7-10H,3-6H2,1-2H3. The van der Waals surface area contributed by atoms with Crippen LogP contribution in [-0.4, -0.2) is 0 Å². The molecule has 0 bridgehead atoms. The van der Waals surface area contributed by atoms with Crippen molar-refractivity contribution in [3.63, 3.8) is 0 Å². The second-order valence-corrected chi connectivity index (χ2v) is 6.14. The lowest BCUT2D eigenvalue weighted by molar-refractivity contribution is -0.414. The van der Waals surface area contributed by atoms with Crippen molar-refractivity contribution in [1.82, 2.24) is 0 Å². The lowest BCUT2D eigenvalue weighted by Crippen LogP contribution is -2.83. The third-order valence-corrected chi connectivity index (χ3v) is 6.73. The van der Waals surface area contributed by atoms with Gasteiger partial charge in [0.2, 0.25) is 0 Å². The van der Waals surface area contributed by atoms with E-state index in [1.54, 1.807) is 25.7 Å². The van der Waals surface area contributed by atoms with Crippen LogP contribution in [0.1, 0.15) is 39.5 Å². The van der Waals surface area contributed by atoms with Crippen LogP contribution in [0.25, 0.3) is 0 Å². The van der Waals surface area contributed by atoms with Crippen LogP contribution in [-0.2, 0) is 0 Å². The van der Waals surface area contributed by atoms with E-state index in [2.05, 4.69) is 13.8 Å². The highest BCUT2D eigenvalue weighted by molar-refractivity contribution is 5.32. The zero-order valence-corrected chi connectivity index (χ0v) is 8.14. The maximum Gasteiger partial charge on any atom is -0.0179 e. The van der Waals surface area contributed by atoms with Crippen LogP contribution in [0.15, 0.2) is 0 Å². The predicted octanol–water partition coefficient (Wildman–Crippen LogP) is 3.08. The molecule has 4 aliphatic carbocycles. The lowest BCUT2D eigenvalue weighted by Gasteiger charge is -2.89. The summed E-state index contributed by atoms with van der Waals surface area (Å²) in [6, 6.07) is 0. The summed E-state index contributed by atoms with van der Waals surface area (Å²) in [4.78, 5) is 0. The van der Waals surface area contributed by atoms with E-state index in [0.29, 0.717) is 0 Å². The van der Waals surface area contributed by atoms with E-state index in [0.717, 1.165) is 16.7 Å². The van der Waals surface area contributed by atoms with Crippen molar-refractivity contribution in [2.24, 2.45) is 34.5 Å². The molecule has 0 aromatic rings. The zero-order chi connectivity index (χ0) is 8.14. The van der Waals surface area contributed by atoms with E-state index < -0.39 is 0 Å². The van der Waals surface area contributed by atoms with Gasteiger partial charge in [0, 0.05) is 0 Å². The van der Waals surface area contributed by atoms with Crippen molar-refractivity contribution in [2.75, 3.05) is 0 Å². The molecule has 4 rings (SSSR count). The van der Waals surface area contributed by atoms with E-state index in [4.69, 9.17) is 0 Å². The molecule has 66 valence electrons. The highest BCUT2D eigenvalue weighted by Gasteiger charge is 2.84. The van der Waals surface area contributed by atoms with E-state index in [1.165, 1.54) is 17.8 Å². The Balaban J connectivity index is 1.80. The Kier molecular flexibility index (Phi) is 0.755. The van der Waals surface area contributed by atoms with Gasteiger partial charge in [0.1, 0.15) is 0 Å². The average molecular weight is 162 g/mol. The summed E-state index contributed by atoms with van der Waals surface area (Å²) >= 11 is 0. The first-order valence-corrected chi connectivity index (χ1v) is 5.71. The van der Waals surface area contributed by atoms with Crippen LogP contribution in [0.5, 0.6) is 0 Å². The summed E-state index contributed by atoms with van der Waals surface area (Å²) in [5.74, 6) is 4.62. The molecular formula is C12H18. The van der Waals surface area contributed by atoms with Gasteiger partial charge in [0.05, 0.1) is 0 Å². The third-order valence-electron chi connectivity index (χ3n) is 6.73. The highest BCUT2D eigenvalue weighted by atomic mass is 14.9. The summed E-state index contributed by atoms with van der Waals surface area (Å²) in [7, 11) is 0. The van der Waals surface area contributed by atoms with Gasteiger partial charge in [-0.05, 0) is 60.2 Å². The Morgan fingerprint density at radius 1 is 1.17 bits per heavy atom. The molecule has 1 spiro atoms. The fourth-order valence-electron chi connectivity index (χ4n) is 5.83. The van der Waals surface area contributed by atoms with Gasteiger partial charge in [-0.1, -0.05) is 13.8 Å². The molecule has 0 aliphatic heterocycles. The fourth-order valence-corrected chi connectivity index (χ4v) is 5.83. The Morgan fingerprint density at radius 2 is 2.00 bits per heavy atom. The van der Waals surface area contributed by atoms with E-state index in [9.17, 15) is 0 Å². The van der Waals surface area contributed by atoms with Crippen LogP contribution in [0.4, 0.5) is 0 Å². The van der Waals surface area contributed by atoms with Crippen LogP contribution in [0, 0.1) is 34.5 Å². The van der Waals surface area contributed by atoms with E-state index >= 15 is 0 Å². The average Bonchev–Trinajstić information content (AvgIpc) is 2.04. The summed E-state index contributed by atoms with van der Waals surface area (Å²) in [5, 5.41) is 0. The summed E-state index contributed by atoms with van der Waals surface area (Å²) in [6.07, 6.45) is 6.35. The van der Waals surface area contributed by atoms with Crippen LogP contribution < -0.4 is 0 Å². The second kappa shape index (κ2) is 1.40. The van der Waals surface area contributed by atoms with Gasteiger partial charge < -0.3 is 0 Å². The van der Waals surface area contributed by atoms with Crippen molar-refractivity contribution < 1.29 is 0 Å². The number of fused-ring (bicyclic) bond motifs is 2. The summed E-state index contributed by atoms with van der Waals surface area (Å²) in [6.45, 7) is 5.10. The Morgan fingerprint density at radius 3 is 2.42 bits per heavy atom. The first-order chi connectivity index (χ1) is 5.71. The van der Waals surface area contributed by atoms with Crippen LogP contribution in [0.3, 0.4) is 0 Å². The largest absolute Gasteiger partial charge is 0.0619 e.